The van der Waals surface area contributed by atoms with Gasteiger partial charge in [-0.3, -0.25) is 0 Å². The number of carbonyl (C=O) groups excluding carboxylic acids is 1. The van der Waals surface area contributed by atoms with Crippen LogP contribution in [0, 0.1) is 0 Å². The van der Waals surface area contributed by atoms with Gasteiger partial charge in [-0.1, -0.05) is 54.6 Å². The number of hydrogen-bond donors (Lipinski definition) is 0. The Balaban J connectivity index is 1.78. The Hall–Kier alpha value is -2.13. The minimum absolute atomic E-state index is 0.248. The van der Waals surface area contributed by atoms with E-state index in [0.717, 1.165) is 16.7 Å². The van der Waals surface area contributed by atoms with Crippen molar-refractivity contribution in [3.63, 3.8) is 0 Å². The maximum atomic E-state index is 11.4. The molecular weight excluding hydrogens is 252 g/mol. The third kappa shape index (κ3) is 2.73. The van der Waals surface area contributed by atoms with Gasteiger partial charge in [-0.25, -0.2) is 4.79 Å². The molecule has 1 aliphatic heterocycles. The normalized spacial score (nSPS) is 18.0. The lowest BCUT2D eigenvalue weighted by atomic mass is 10.0. The molecule has 2 aromatic carbocycles. The number of carbonyl (C=O) groups is 1. The SMILES string of the molecule is O=C1OCCC1OCc1ccccc1-c1ccccc1. The topological polar surface area (TPSA) is 35.5 Å². The zero-order valence-electron chi connectivity index (χ0n) is 11.1. The lowest BCUT2D eigenvalue weighted by Crippen LogP contribution is -2.18. The molecule has 0 aliphatic carbocycles. The van der Waals surface area contributed by atoms with E-state index in [4.69, 9.17) is 9.47 Å². The smallest absolute Gasteiger partial charge is 0.335 e. The molecule has 3 nitrogen and oxygen atoms in total. The van der Waals surface area contributed by atoms with Crippen LogP contribution in [0.2, 0.25) is 0 Å². The first-order valence-electron chi connectivity index (χ1n) is 6.76. The lowest BCUT2D eigenvalue weighted by Gasteiger charge is -2.12. The molecule has 0 saturated carbocycles. The standard InChI is InChI=1S/C17H16O3/c18-17-16(10-11-19-17)20-12-14-8-4-5-9-15(14)13-6-2-1-3-7-13/h1-9,16H,10-12H2. The molecule has 1 unspecified atom stereocenters. The van der Waals surface area contributed by atoms with Gasteiger partial charge in [0.1, 0.15) is 0 Å². The second-order valence-corrected chi connectivity index (χ2v) is 4.78. The van der Waals surface area contributed by atoms with Gasteiger partial charge < -0.3 is 9.47 Å². The highest BCUT2D eigenvalue weighted by Gasteiger charge is 2.27. The van der Waals surface area contributed by atoms with E-state index < -0.39 is 6.10 Å². The molecule has 1 aliphatic rings. The van der Waals surface area contributed by atoms with Crippen LogP contribution in [-0.2, 0) is 20.9 Å². The Morgan fingerprint density at radius 2 is 1.80 bits per heavy atom. The van der Waals surface area contributed by atoms with Crippen LogP contribution in [0.3, 0.4) is 0 Å². The Bertz CT molecular complexity index is 592. The van der Waals surface area contributed by atoms with Crippen molar-refractivity contribution in [2.45, 2.75) is 19.1 Å². The molecule has 2 aromatic rings. The highest BCUT2D eigenvalue weighted by Crippen LogP contribution is 2.25. The minimum atomic E-state index is -0.418. The fourth-order valence-corrected chi connectivity index (χ4v) is 2.36. The summed E-state index contributed by atoms with van der Waals surface area (Å²) < 4.78 is 10.6. The summed E-state index contributed by atoms with van der Waals surface area (Å²) in [5.74, 6) is -0.248. The average Bonchev–Trinajstić information content (AvgIpc) is 2.92. The number of hydrogen-bond acceptors (Lipinski definition) is 3. The van der Waals surface area contributed by atoms with Gasteiger partial charge in [-0.2, -0.15) is 0 Å². The van der Waals surface area contributed by atoms with Crippen molar-refractivity contribution in [2.24, 2.45) is 0 Å². The van der Waals surface area contributed by atoms with Crippen LogP contribution >= 0.6 is 0 Å². The molecule has 1 saturated heterocycles. The molecule has 3 rings (SSSR count). The first-order chi connectivity index (χ1) is 9.84. The molecule has 0 bridgehead atoms. The fourth-order valence-electron chi connectivity index (χ4n) is 2.36. The van der Waals surface area contributed by atoms with E-state index in [1.165, 1.54) is 0 Å². The minimum Gasteiger partial charge on any atom is -0.464 e. The van der Waals surface area contributed by atoms with E-state index in [-0.39, 0.29) is 5.97 Å². The monoisotopic (exact) mass is 268 g/mol. The molecule has 102 valence electrons. The highest BCUT2D eigenvalue weighted by molar-refractivity contribution is 5.76. The van der Waals surface area contributed by atoms with Crippen LogP contribution < -0.4 is 0 Å². The average molecular weight is 268 g/mol. The second-order valence-electron chi connectivity index (χ2n) is 4.78. The lowest BCUT2D eigenvalue weighted by molar-refractivity contribution is -0.147. The van der Waals surface area contributed by atoms with E-state index >= 15 is 0 Å². The van der Waals surface area contributed by atoms with Gasteiger partial charge in [-0.15, -0.1) is 0 Å². The molecule has 20 heavy (non-hydrogen) atoms. The van der Waals surface area contributed by atoms with Gasteiger partial charge in [0, 0.05) is 6.42 Å². The quantitative estimate of drug-likeness (QED) is 0.799. The van der Waals surface area contributed by atoms with Crippen LogP contribution in [-0.4, -0.2) is 18.7 Å². The summed E-state index contributed by atoms with van der Waals surface area (Å²) in [5, 5.41) is 0. The maximum Gasteiger partial charge on any atom is 0.335 e. The van der Waals surface area contributed by atoms with Crippen LogP contribution in [0.1, 0.15) is 12.0 Å². The molecule has 0 N–H and O–H groups in total. The maximum absolute atomic E-state index is 11.4. The van der Waals surface area contributed by atoms with E-state index in [1.54, 1.807) is 0 Å². The molecule has 1 heterocycles. The number of cyclic esters (lactones) is 1. The van der Waals surface area contributed by atoms with Crippen LogP contribution in [0.25, 0.3) is 11.1 Å². The fraction of sp³-hybridized carbons (Fsp3) is 0.235. The Kier molecular flexibility index (Phi) is 3.79. The van der Waals surface area contributed by atoms with Crippen molar-refractivity contribution in [1.82, 2.24) is 0 Å². The molecule has 1 atom stereocenters. The van der Waals surface area contributed by atoms with E-state index in [1.807, 2.05) is 36.4 Å². The van der Waals surface area contributed by atoms with Crippen molar-refractivity contribution in [1.29, 1.82) is 0 Å². The molecule has 0 amide bonds. The van der Waals surface area contributed by atoms with Gasteiger partial charge in [0.2, 0.25) is 0 Å². The van der Waals surface area contributed by atoms with Crippen molar-refractivity contribution < 1.29 is 14.3 Å². The zero-order valence-corrected chi connectivity index (χ0v) is 11.1. The van der Waals surface area contributed by atoms with Crippen LogP contribution in [0.15, 0.2) is 54.6 Å². The van der Waals surface area contributed by atoms with Gasteiger partial charge in [-0.05, 0) is 16.7 Å². The van der Waals surface area contributed by atoms with Gasteiger partial charge >= 0.3 is 5.97 Å². The third-order valence-electron chi connectivity index (χ3n) is 3.43. The van der Waals surface area contributed by atoms with Gasteiger partial charge in [0.05, 0.1) is 13.2 Å². The highest BCUT2D eigenvalue weighted by atomic mass is 16.6. The third-order valence-corrected chi connectivity index (χ3v) is 3.43. The van der Waals surface area contributed by atoms with Crippen molar-refractivity contribution in [3.8, 4) is 11.1 Å². The second kappa shape index (κ2) is 5.88. The van der Waals surface area contributed by atoms with Crippen molar-refractivity contribution in [3.05, 3.63) is 60.2 Å². The first kappa shape index (κ1) is 12.9. The molecule has 1 fully saturated rings. The largest absolute Gasteiger partial charge is 0.464 e. The number of rotatable bonds is 4. The molecular formula is C17H16O3. The Morgan fingerprint density at radius 3 is 2.55 bits per heavy atom. The van der Waals surface area contributed by atoms with E-state index in [9.17, 15) is 4.79 Å². The molecule has 0 aromatic heterocycles. The molecule has 3 heteroatoms. The Morgan fingerprint density at radius 1 is 1.05 bits per heavy atom. The summed E-state index contributed by atoms with van der Waals surface area (Å²) in [4.78, 5) is 11.4. The number of esters is 1. The van der Waals surface area contributed by atoms with E-state index in [2.05, 4.69) is 18.2 Å². The summed E-state index contributed by atoms with van der Waals surface area (Å²) >= 11 is 0. The summed E-state index contributed by atoms with van der Waals surface area (Å²) in [6.45, 7) is 0.884. The first-order valence-corrected chi connectivity index (χ1v) is 6.76. The van der Waals surface area contributed by atoms with Gasteiger partial charge in [0.25, 0.3) is 0 Å². The molecule has 0 radical (unpaired) electrons. The summed E-state index contributed by atoms with van der Waals surface area (Å²) in [7, 11) is 0. The molecule has 0 spiro atoms. The summed E-state index contributed by atoms with van der Waals surface area (Å²) in [5.41, 5.74) is 3.37. The predicted octanol–water partition coefficient (Wildman–Crippen LogP) is 3.19. The summed E-state index contributed by atoms with van der Waals surface area (Å²) in [6, 6.07) is 18.3. The van der Waals surface area contributed by atoms with Crippen LogP contribution in [0.4, 0.5) is 0 Å². The van der Waals surface area contributed by atoms with Crippen LogP contribution in [0.5, 0.6) is 0 Å². The zero-order chi connectivity index (χ0) is 13.8. The van der Waals surface area contributed by atoms with Gasteiger partial charge in [0.15, 0.2) is 6.10 Å². The number of ether oxygens (including phenoxy) is 2. The predicted molar refractivity (Wildman–Crippen MR) is 76.0 cm³/mol. The summed E-state index contributed by atoms with van der Waals surface area (Å²) in [6.07, 6.45) is 0.227. The number of benzene rings is 2. The Labute approximate surface area is 118 Å². The van der Waals surface area contributed by atoms with E-state index in [0.29, 0.717) is 19.6 Å². The van der Waals surface area contributed by atoms with Crippen molar-refractivity contribution in [2.75, 3.05) is 6.61 Å². The van der Waals surface area contributed by atoms with Crippen molar-refractivity contribution >= 4 is 5.97 Å².